The number of alkyl halides is 1. The van der Waals surface area contributed by atoms with Gasteiger partial charge in [-0.25, -0.2) is 8.78 Å². The zero-order valence-electron chi connectivity index (χ0n) is 15.7. The van der Waals surface area contributed by atoms with Crippen molar-refractivity contribution in [2.75, 3.05) is 13.7 Å². The molecule has 5 rings (SSSR count). The number of halogens is 2. The Balaban J connectivity index is 1.54. The summed E-state index contributed by atoms with van der Waals surface area (Å²) < 4.78 is 35.2. The fourth-order valence-corrected chi connectivity index (χ4v) is 3.55. The fourth-order valence-electron chi connectivity index (χ4n) is 3.55. The number of fused-ring (bicyclic) bond motifs is 1. The first-order valence-corrected chi connectivity index (χ1v) is 9.39. The molecule has 1 N–H and O–H groups in total. The van der Waals surface area contributed by atoms with Gasteiger partial charge in [0.05, 0.1) is 11.9 Å². The Morgan fingerprint density at radius 2 is 2.07 bits per heavy atom. The van der Waals surface area contributed by atoms with Crippen molar-refractivity contribution in [1.29, 1.82) is 0 Å². The summed E-state index contributed by atoms with van der Waals surface area (Å²) in [5, 5.41) is 14.6. The van der Waals surface area contributed by atoms with Gasteiger partial charge in [-0.15, -0.1) is 15.3 Å². The van der Waals surface area contributed by atoms with Gasteiger partial charge < -0.3 is 10.2 Å². The molecule has 1 aliphatic heterocycles. The Kier molecular flexibility index (Phi) is 4.35. The van der Waals surface area contributed by atoms with Gasteiger partial charge in [0.25, 0.3) is 0 Å². The Morgan fingerprint density at radius 1 is 1.24 bits per heavy atom. The number of rotatable bonds is 5. The topological polar surface area (TPSA) is 79.9 Å². The number of aliphatic imine (C=N–C) groups is 1. The van der Waals surface area contributed by atoms with Crippen LogP contribution in [0, 0.1) is 5.82 Å². The summed E-state index contributed by atoms with van der Waals surface area (Å²) in [7, 11) is 1.86. The van der Waals surface area contributed by atoms with Crippen LogP contribution in [0.5, 0.6) is 5.88 Å². The van der Waals surface area contributed by atoms with Crippen molar-refractivity contribution in [3.8, 4) is 17.3 Å². The van der Waals surface area contributed by atoms with Crippen LogP contribution in [0.4, 0.5) is 8.78 Å². The molecule has 3 aromatic rings. The van der Waals surface area contributed by atoms with E-state index in [1.165, 1.54) is 10.6 Å². The first-order valence-electron chi connectivity index (χ1n) is 9.39. The van der Waals surface area contributed by atoms with E-state index in [9.17, 15) is 8.78 Å². The largest absolute Gasteiger partial charge is 0.473 e. The predicted molar refractivity (Wildman–Crippen MR) is 102 cm³/mol. The number of ether oxygens (including phenoxy) is 1. The van der Waals surface area contributed by atoms with E-state index in [4.69, 9.17) is 4.74 Å². The molecular formula is C19H19F2N7O. The highest BCUT2D eigenvalue weighted by Crippen LogP contribution is 2.42. The average Bonchev–Trinajstić information content (AvgIpc) is 3.29. The molecule has 3 heterocycles. The van der Waals surface area contributed by atoms with Gasteiger partial charge in [-0.2, -0.15) is 9.52 Å². The summed E-state index contributed by atoms with van der Waals surface area (Å²) in [4.78, 5) is 4.28. The predicted octanol–water partition coefficient (Wildman–Crippen LogP) is 2.33. The van der Waals surface area contributed by atoms with Crippen LogP contribution in [0.3, 0.4) is 0 Å². The van der Waals surface area contributed by atoms with Gasteiger partial charge in [0.2, 0.25) is 5.88 Å². The molecule has 0 spiro atoms. The van der Waals surface area contributed by atoms with Gasteiger partial charge in [0.15, 0.2) is 17.6 Å². The first kappa shape index (κ1) is 17.9. The summed E-state index contributed by atoms with van der Waals surface area (Å²) in [5.74, 6) is 0.239. The fraction of sp³-hybridized carbons (Fsp3) is 0.368. The lowest BCUT2D eigenvalue weighted by Crippen LogP contribution is -2.38. The number of benzene rings is 1. The molecule has 2 aliphatic rings. The van der Waals surface area contributed by atoms with Crippen molar-refractivity contribution >= 4 is 12.0 Å². The van der Waals surface area contributed by atoms with Crippen molar-refractivity contribution in [2.45, 2.75) is 31.1 Å². The quantitative estimate of drug-likeness (QED) is 0.709. The van der Waals surface area contributed by atoms with E-state index < -0.39 is 12.0 Å². The van der Waals surface area contributed by atoms with Gasteiger partial charge in [-0.1, -0.05) is 12.1 Å². The number of nitrogens with zero attached hydrogens (tertiary/aromatic N) is 6. The van der Waals surface area contributed by atoms with Gasteiger partial charge in [0, 0.05) is 12.6 Å². The van der Waals surface area contributed by atoms with E-state index in [0.29, 0.717) is 29.9 Å². The number of hydrogen-bond donors (Lipinski definition) is 1. The lowest BCUT2D eigenvalue weighted by molar-refractivity contribution is 0.149. The molecule has 1 aromatic carbocycles. The summed E-state index contributed by atoms with van der Waals surface area (Å²) >= 11 is 0. The second-order valence-electron chi connectivity index (χ2n) is 7.25. The van der Waals surface area contributed by atoms with Gasteiger partial charge in [0.1, 0.15) is 18.6 Å². The molecule has 2 aromatic heterocycles. The van der Waals surface area contributed by atoms with Crippen LogP contribution >= 0.6 is 0 Å². The summed E-state index contributed by atoms with van der Waals surface area (Å²) in [6, 6.07) is 8.12. The van der Waals surface area contributed by atoms with E-state index in [2.05, 4.69) is 25.7 Å². The van der Waals surface area contributed by atoms with Crippen LogP contribution in [0.1, 0.15) is 24.3 Å². The average molecular weight is 399 g/mol. The second-order valence-corrected chi connectivity index (χ2v) is 7.25. The SMILES string of the molecule is CN1NC=NC1COc1nn2c(-c3ccccc3F)nnc2cc1C1CC(F)C1. The molecule has 0 radical (unpaired) electrons. The zero-order valence-corrected chi connectivity index (χ0v) is 15.7. The third-order valence-electron chi connectivity index (χ3n) is 5.35. The van der Waals surface area contributed by atoms with E-state index in [0.717, 1.165) is 5.56 Å². The molecule has 10 heteroatoms. The number of likely N-dealkylation sites (N-methyl/N-ethyl adjacent to an activating group) is 1. The Labute approximate surface area is 165 Å². The minimum atomic E-state index is -0.814. The second kappa shape index (κ2) is 7.03. The zero-order chi connectivity index (χ0) is 20.0. The summed E-state index contributed by atoms with van der Waals surface area (Å²) in [5.41, 5.74) is 4.50. The van der Waals surface area contributed by atoms with Gasteiger partial charge in [-0.05, 0) is 37.0 Å². The maximum Gasteiger partial charge on any atom is 0.235 e. The van der Waals surface area contributed by atoms with E-state index in [1.54, 1.807) is 30.6 Å². The molecule has 1 atom stereocenters. The summed E-state index contributed by atoms with van der Waals surface area (Å²) in [6.07, 6.45) is 1.42. The van der Waals surface area contributed by atoms with E-state index in [-0.39, 0.29) is 24.5 Å². The summed E-state index contributed by atoms with van der Waals surface area (Å²) in [6.45, 7) is 0.258. The van der Waals surface area contributed by atoms with Crippen LogP contribution in [-0.2, 0) is 0 Å². The van der Waals surface area contributed by atoms with Gasteiger partial charge >= 0.3 is 0 Å². The Hall–Kier alpha value is -3.14. The maximum absolute atomic E-state index is 14.3. The molecule has 0 amide bonds. The third kappa shape index (κ3) is 3.19. The van der Waals surface area contributed by atoms with Crippen molar-refractivity contribution < 1.29 is 13.5 Å². The highest BCUT2D eigenvalue weighted by molar-refractivity contribution is 5.60. The minimum absolute atomic E-state index is 0.00838. The molecule has 1 aliphatic carbocycles. The van der Waals surface area contributed by atoms with Gasteiger partial charge in [-0.3, -0.25) is 4.99 Å². The molecule has 1 fully saturated rings. The van der Waals surface area contributed by atoms with Crippen molar-refractivity contribution in [2.24, 2.45) is 4.99 Å². The molecule has 0 bridgehead atoms. The number of aromatic nitrogens is 4. The molecule has 29 heavy (non-hydrogen) atoms. The van der Waals surface area contributed by atoms with E-state index >= 15 is 0 Å². The molecular weight excluding hydrogens is 380 g/mol. The Morgan fingerprint density at radius 3 is 2.79 bits per heavy atom. The lowest BCUT2D eigenvalue weighted by atomic mass is 9.79. The van der Waals surface area contributed by atoms with Crippen LogP contribution in [0.25, 0.3) is 17.0 Å². The Bertz CT molecular complexity index is 1080. The van der Waals surface area contributed by atoms with Crippen molar-refractivity contribution in [3.63, 3.8) is 0 Å². The smallest absolute Gasteiger partial charge is 0.235 e. The van der Waals surface area contributed by atoms with E-state index in [1.807, 2.05) is 12.1 Å². The molecule has 150 valence electrons. The monoisotopic (exact) mass is 399 g/mol. The number of nitrogens with one attached hydrogen (secondary N) is 1. The maximum atomic E-state index is 14.3. The van der Waals surface area contributed by atoms with Crippen molar-refractivity contribution in [3.05, 3.63) is 41.7 Å². The lowest BCUT2D eigenvalue weighted by Gasteiger charge is -2.30. The van der Waals surface area contributed by atoms with Crippen LogP contribution in [0.15, 0.2) is 35.3 Å². The van der Waals surface area contributed by atoms with Crippen LogP contribution in [0.2, 0.25) is 0 Å². The molecule has 8 nitrogen and oxygen atoms in total. The molecule has 0 saturated heterocycles. The standard InChI is InChI=1S/C19H19F2N7O/c1-27-17(22-10-23-27)9-29-19-14(11-6-12(20)7-11)8-16-24-25-18(28(16)26-19)13-4-2-3-5-15(13)21/h2-5,8,10-12,17H,6-7,9H2,1H3,(H,22,23). The van der Waals surface area contributed by atoms with Crippen LogP contribution < -0.4 is 10.2 Å². The van der Waals surface area contributed by atoms with Crippen molar-refractivity contribution in [1.82, 2.24) is 30.2 Å². The normalized spacial score (nSPS) is 23.9. The third-order valence-corrected chi connectivity index (χ3v) is 5.35. The van der Waals surface area contributed by atoms with Crippen LogP contribution in [-0.4, -0.2) is 57.2 Å². The highest BCUT2D eigenvalue weighted by Gasteiger charge is 2.34. The number of hydrogen-bond acceptors (Lipinski definition) is 7. The highest BCUT2D eigenvalue weighted by atomic mass is 19.1. The molecule has 1 unspecified atom stereocenters. The molecule has 1 saturated carbocycles. The minimum Gasteiger partial charge on any atom is -0.473 e. The first-order chi connectivity index (χ1) is 14.1. The number of hydrazine groups is 1.